The summed E-state index contributed by atoms with van der Waals surface area (Å²) >= 11 is 6.22. The van der Waals surface area contributed by atoms with Gasteiger partial charge in [-0.25, -0.2) is 9.97 Å². The zero-order valence-electron chi connectivity index (χ0n) is 14.0. The van der Waals surface area contributed by atoms with Crippen LogP contribution in [0.3, 0.4) is 0 Å². The first-order valence-corrected chi connectivity index (χ1v) is 9.39. The summed E-state index contributed by atoms with van der Waals surface area (Å²) in [7, 11) is -3.85. The summed E-state index contributed by atoms with van der Waals surface area (Å²) in [4.78, 5) is 8.17. The van der Waals surface area contributed by atoms with Gasteiger partial charge in [0, 0.05) is 11.9 Å². The molecule has 6 nitrogen and oxygen atoms in total. The summed E-state index contributed by atoms with van der Waals surface area (Å²) in [5.41, 5.74) is 3.45. The molecule has 1 aromatic carbocycles. The minimum absolute atomic E-state index is 0.0380. The third-order valence-corrected chi connectivity index (χ3v) is 5.46. The number of sulfonamides is 1. The summed E-state index contributed by atoms with van der Waals surface area (Å²) in [6.07, 6.45) is 4.26. The maximum Gasteiger partial charge on any atom is 0.279 e. The van der Waals surface area contributed by atoms with Crippen LogP contribution in [0, 0.1) is 20.8 Å². The number of aromatic nitrogens is 3. The Hall–Kier alpha value is -2.38. The first kappa shape index (κ1) is 17.4. The van der Waals surface area contributed by atoms with Crippen LogP contribution in [0.25, 0.3) is 5.82 Å². The Morgan fingerprint density at radius 3 is 2.52 bits per heavy atom. The second-order valence-corrected chi connectivity index (χ2v) is 7.86. The Bertz CT molecular complexity index is 1040. The number of hydrogen-bond acceptors (Lipinski definition) is 4. The molecule has 0 aliphatic carbocycles. The predicted octanol–water partition coefficient (Wildman–Crippen LogP) is 3.65. The van der Waals surface area contributed by atoms with E-state index in [1.807, 2.05) is 26.8 Å². The minimum atomic E-state index is -3.85. The SMILES string of the molecule is Cc1cnc(-n2cncc2S(=O)(=O)Nc2ccc(C)c(C)c2)c(Cl)c1. The molecule has 3 aromatic rings. The normalized spacial score (nSPS) is 11.5. The summed E-state index contributed by atoms with van der Waals surface area (Å²) < 4.78 is 29.5. The molecule has 25 heavy (non-hydrogen) atoms. The summed E-state index contributed by atoms with van der Waals surface area (Å²) in [6.45, 7) is 5.75. The van der Waals surface area contributed by atoms with Crippen LogP contribution >= 0.6 is 11.6 Å². The lowest BCUT2D eigenvalue weighted by molar-refractivity contribution is 0.594. The lowest BCUT2D eigenvalue weighted by atomic mass is 10.1. The highest BCUT2D eigenvalue weighted by molar-refractivity contribution is 7.92. The number of nitrogens with zero attached hydrogens (tertiary/aromatic N) is 3. The van der Waals surface area contributed by atoms with Crippen LogP contribution in [0.15, 0.2) is 48.0 Å². The minimum Gasteiger partial charge on any atom is -0.278 e. The zero-order chi connectivity index (χ0) is 18.2. The maximum atomic E-state index is 12.8. The van der Waals surface area contributed by atoms with Gasteiger partial charge >= 0.3 is 0 Å². The molecule has 0 fully saturated rings. The summed E-state index contributed by atoms with van der Waals surface area (Å²) in [6, 6.07) is 7.09. The Kier molecular flexibility index (Phi) is 4.53. The average molecular weight is 377 g/mol. The fourth-order valence-corrected chi connectivity index (χ4v) is 3.80. The predicted molar refractivity (Wildman–Crippen MR) is 97.8 cm³/mol. The van der Waals surface area contributed by atoms with Gasteiger partial charge < -0.3 is 0 Å². The van der Waals surface area contributed by atoms with E-state index in [1.165, 1.54) is 17.1 Å². The Morgan fingerprint density at radius 1 is 1.08 bits per heavy atom. The van der Waals surface area contributed by atoms with Gasteiger partial charge in [0.25, 0.3) is 10.0 Å². The number of benzene rings is 1. The molecule has 8 heteroatoms. The molecule has 0 aliphatic rings. The number of nitrogens with one attached hydrogen (secondary N) is 1. The largest absolute Gasteiger partial charge is 0.279 e. The van der Waals surface area contributed by atoms with Gasteiger partial charge in [0.05, 0.1) is 11.2 Å². The molecule has 0 bridgehead atoms. The van der Waals surface area contributed by atoms with Crippen molar-refractivity contribution in [3.8, 4) is 5.82 Å². The molecule has 2 aromatic heterocycles. The maximum absolute atomic E-state index is 12.8. The molecule has 0 atom stereocenters. The number of aryl methyl sites for hydroxylation is 3. The van der Waals surface area contributed by atoms with Crippen molar-refractivity contribution in [2.75, 3.05) is 4.72 Å². The molecule has 0 aliphatic heterocycles. The van der Waals surface area contributed by atoms with Crippen LogP contribution in [-0.2, 0) is 10.0 Å². The molecular weight excluding hydrogens is 360 g/mol. The Labute approximate surface area is 151 Å². The van der Waals surface area contributed by atoms with Crippen LogP contribution in [0.4, 0.5) is 5.69 Å². The van der Waals surface area contributed by atoms with Gasteiger partial charge in [-0.05, 0) is 55.7 Å². The van der Waals surface area contributed by atoms with Gasteiger partial charge in [-0.2, -0.15) is 8.42 Å². The number of rotatable bonds is 4. The monoisotopic (exact) mass is 376 g/mol. The van der Waals surface area contributed by atoms with E-state index >= 15 is 0 Å². The van der Waals surface area contributed by atoms with Crippen LogP contribution in [0.5, 0.6) is 0 Å². The Balaban J connectivity index is 2.01. The van der Waals surface area contributed by atoms with Gasteiger partial charge in [-0.15, -0.1) is 0 Å². The van der Waals surface area contributed by atoms with Crippen molar-refractivity contribution in [2.45, 2.75) is 25.8 Å². The highest BCUT2D eigenvalue weighted by Crippen LogP contribution is 2.24. The molecular formula is C17H17ClN4O2S. The molecule has 0 spiro atoms. The molecule has 0 amide bonds. The van der Waals surface area contributed by atoms with Crippen molar-refractivity contribution in [3.63, 3.8) is 0 Å². The van der Waals surface area contributed by atoms with E-state index in [2.05, 4.69) is 14.7 Å². The van der Waals surface area contributed by atoms with Crippen molar-refractivity contribution >= 4 is 27.3 Å². The van der Waals surface area contributed by atoms with Gasteiger partial charge in [0.2, 0.25) is 0 Å². The van der Waals surface area contributed by atoms with Gasteiger partial charge in [-0.1, -0.05) is 17.7 Å². The quantitative estimate of drug-likeness (QED) is 0.754. The van der Waals surface area contributed by atoms with Crippen molar-refractivity contribution in [1.82, 2.24) is 14.5 Å². The fourth-order valence-electron chi connectivity index (χ4n) is 2.36. The third-order valence-electron chi connectivity index (χ3n) is 3.83. The van der Waals surface area contributed by atoms with E-state index < -0.39 is 10.0 Å². The zero-order valence-corrected chi connectivity index (χ0v) is 15.6. The second kappa shape index (κ2) is 6.50. The van der Waals surface area contributed by atoms with E-state index in [9.17, 15) is 8.42 Å². The molecule has 1 N–H and O–H groups in total. The van der Waals surface area contributed by atoms with E-state index in [0.717, 1.165) is 16.7 Å². The van der Waals surface area contributed by atoms with E-state index in [-0.39, 0.29) is 5.03 Å². The standard InChI is InChI=1S/C17H17ClN4O2S/c1-11-6-15(18)17(20-8-11)22-10-19-9-16(22)25(23,24)21-14-5-4-12(2)13(3)7-14/h4-10,21H,1-3H3. The van der Waals surface area contributed by atoms with Crippen molar-refractivity contribution in [3.05, 3.63) is 64.7 Å². The lowest BCUT2D eigenvalue weighted by Gasteiger charge is -2.12. The van der Waals surface area contributed by atoms with Crippen LogP contribution in [0.1, 0.15) is 16.7 Å². The van der Waals surface area contributed by atoms with Gasteiger partial charge in [-0.3, -0.25) is 9.29 Å². The summed E-state index contributed by atoms with van der Waals surface area (Å²) in [5, 5.41) is 0.310. The molecule has 2 heterocycles. The molecule has 0 unspecified atom stereocenters. The van der Waals surface area contributed by atoms with Crippen LogP contribution in [-0.4, -0.2) is 23.0 Å². The summed E-state index contributed by atoms with van der Waals surface area (Å²) in [5.74, 6) is 0.310. The third kappa shape index (κ3) is 3.52. The highest BCUT2D eigenvalue weighted by atomic mass is 35.5. The second-order valence-electron chi connectivity index (χ2n) is 5.82. The van der Waals surface area contributed by atoms with Crippen LogP contribution in [0.2, 0.25) is 5.02 Å². The lowest BCUT2D eigenvalue weighted by Crippen LogP contribution is -2.17. The molecule has 3 rings (SSSR count). The molecule has 0 saturated heterocycles. The van der Waals surface area contributed by atoms with Gasteiger partial charge in [0.1, 0.15) is 6.33 Å². The van der Waals surface area contributed by atoms with Crippen molar-refractivity contribution in [2.24, 2.45) is 0 Å². The first-order chi connectivity index (χ1) is 11.8. The molecule has 130 valence electrons. The number of anilines is 1. The number of halogens is 1. The van der Waals surface area contributed by atoms with Crippen LogP contribution < -0.4 is 4.72 Å². The number of pyridine rings is 1. The number of imidazole rings is 1. The topological polar surface area (TPSA) is 76.9 Å². The van der Waals surface area contributed by atoms with Crippen molar-refractivity contribution in [1.29, 1.82) is 0 Å². The van der Waals surface area contributed by atoms with E-state index in [4.69, 9.17) is 11.6 Å². The Morgan fingerprint density at radius 2 is 1.84 bits per heavy atom. The van der Waals surface area contributed by atoms with Gasteiger partial charge in [0.15, 0.2) is 10.8 Å². The highest BCUT2D eigenvalue weighted by Gasteiger charge is 2.22. The molecule has 0 saturated carbocycles. The van der Waals surface area contributed by atoms with E-state index in [0.29, 0.717) is 16.5 Å². The smallest absolute Gasteiger partial charge is 0.278 e. The average Bonchev–Trinajstić information content (AvgIpc) is 3.01. The molecule has 0 radical (unpaired) electrons. The number of hydrogen-bond donors (Lipinski definition) is 1. The van der Waals surface area contributed by atoms with E-state index in [1.54, 1.807) is 24.4 Å². The first-order valence-electron chi connectivity index (χ1n) is 7.53. The van der Waals surface area contributed by atoms with Crippen molar-refractivity contribution < 1.29 is 8.42 Å². The fraction of sp³-hybridized carbons (Fsp3) is 0.176.